The topological polar surface area (TPSA) is 40.9 Å². The van der Waals surface area contributed by atoms with Gasteiger partial charge < -0.3 is 0 Å². The maximum atomic E-state index is 12.7. The van der Waals surface area contributed by atoms with Crippen molar-refractivity contribution in [3.8, 4) is 6.07 Å². The maximum absolute atomic E-state index is 12.7. The van der Waals surface area contributed by atoms with Gasteiger partial charge in [-0.3, -0.25) is 4.79 Å². The fraction of sp³-hybridized carbons (Fsp3) is 0.143. The number of nitrogens with zero attached hydrogens (tertiary/aromatic N) is 1. The minimum absolute atomic E-state index is 0.00111. The van der Waals surface area contributed by atoms with Gasteiger partial charge >= 0.3 is 0 Å². The zero-order valence-corrected chi connectivity index (χ0v) is 12.5. The van der Waals surface area contributed by atoms with Crippen molar-refractivity contribution in [2.24, 2.45) is 11.8 Å². The molecule has 3 aromatic carbocycles. The molecule has 1 aliphatic carbocycles. The van der Waals surface area contributed by atoms with Crippen LogP contribution in [0.1, 0.15) is 21.8 Å². The number of nitriles is 1. The summed E-state index contributed by atoms with van der Waals surface area (Å²) in [7, 11) is 0. The molecule has 0 saturated heterocycles. The molecule has 2 heteroatoms. The largest absolute Gasteiger partial charge is 0.294 e. The van der Waals surface area contributed by atoms with Gasteiger partial charge in [-0.1, -0.05) is 72.8 Å². The Morgan fingerprint density at radius 2 is 1.57 bits per heavy atom. The summed E-state index contributed by atoms with van der Waals surface area (Å²) in [4.78, 5) is 12.7. The monoisotopic (exact) mass is 297 g/mol. The van der Waals surface area contributed by atoms with Crippen molar-refractivity contribution in [3.05, 3.63) is 83.9 Å². The summed E-state index contributed by atoms with van der Waals surface area (Å²) in [5.41, 5.74) is 1.81. The molecule has 110 valence electrons. The van der Waals surface area contributed by atoms with E-state index in [-0.39, 0.29) is 23.5 Å². The Morgan fingerprint density at radius 3 is 2.35 bits per heavy atom. The van der Waals surface area contributed by atoms with E-state index in [1.165, 1.54) is 0 Å². The lowest BCUT2D eigenvalue weighted by Gasteiger charge is -2.06. The Balaban J connectivity index is 1.75. The molecule has 0 radical (unpaired) electrons. The van der Waals surface area contributed by atoms with Crippen LogP contribution in [0.2, 0.25) is 0 Å². The summed E-state index contributed by atoms with van der Waals surface area (Å²) >= 11 is 0. The van der Waals surface area contributed by atoms with E-state index in [4.69, 9.17) is 0 Å². The predicted octanol–water partition coefficient (Wildman–Crippen LogP) is 4.58. The van der Waals surface area contributed by atoms with Gasteiger partial charge in [0.1, 0.15) is 0 Å². The van der Waals surface area contributed by atoms with Crippen LogP contribution in [0.25, 0.3) is 10.8 Å². The van der Waals surface area contributed by atoms with E-state index >= 15 is 0 Å². The zero-order chi connectivity index (χ0) is 15.8. The molecule has 0 unspecified atom stereocenters. The second-order valence-electron chi connectivity index (χ2n) is 6.01. The first kappa shape index (κ1) is 13.7. The molecule has 0 heterocycles. The summed E-state index contributed by atoms with van der Waals surface area (Å²) in [6.07, 6.45) is 0. The highest BCUT2D eigenvalue weighted by Gasteiger charge is 2.56. The highest BCUT2D eigenvalue weighted by molar-refractivity contribution is 6.02. The molecule has 1 saturated carbocycles. The van der Waals surface area contributed by atoms with Crippen molar-refractivity contribution in [1.82, 2.24) is 0 Å². The molecular formula is C21H15NO. The number of ketones is 1. The number of carbonyl (C=O) groups is 1. The number of benzene rings is 3. The smallest absolute Gasteiger partial charge is 0.167 e. The molecule has 0 amide bonds. The molecule has 1 aliphatic rings. The molecule has 0 N–H and O–H groups in total. The van der Waals surface area contributed by atoms with Crippen LogP contribution in [0.15, 0.2) is 72.8 Å². The summed E-state index contributed by atoms with van der Waals surface area (Å²) in [6.45, 7) is 0. The third-order valence-corrected chi connectivity index (χ3v) is 4.71. The number of fused-ring (bicyclic) bond motifs is 1. The van der Waals surface area contributed by atoms with Gasteiger partial charge in [-0.15, -0.1) is 0 Å². The highest BCUT2D eigenvalue weighted by atomic mass is 16.1. The molecular weight excluding hydrogens is 282 g/mol. The lowest BCUT2D eigenvalue weighted by atomic mass is 9.98. The standard InChI is InChI=1S/C21H15NO/c22-13-18-19(20(18)21(23)15-8-2-1-3-9-15)17-12-6-10-14-7-4-5-11-16(14)17/h1-12,18-20H/t18-,19-,20+/m1/s1. The Hall–Kier alpha value is -2.92. The number of hydrogen-bond donors (Lipinski definition) is 0. The van der Waals surface area contributed by atoms with Gasteiger partial charge in [0.2, 0.25) is 0 Å². The molecule has 3 aromatic rings. The van der Waals surface area contributed by atoms with Gasteiger partial charge in [0, 0.05) is 17.4 Å². The summed E-state index contributed by atoms with van der Waals surface area (Å²) < 4.78 is 0. The second kappa shape index (κ2) is 5.37. The molecule has 0 aromatic heterocycles. The minimum Gasteiger partial charge on any atom is -0.294 e. The van der Waals surface area contributed by atoms with E-state index in [1.807, 2.05) is 48.5 Å². The van der Waals surface area contributed by atoms with Crippen molar-refractivity contribution in [1.29, 1.82) is 5.26 Å². The van der Waals surface area contributed by atoms with Crippen LogP contribution < -0.4 is 0 Å². The molecule has 0 bridgehead atoms. The van der Waals surface area contributed by atoms with E-state index in [1.54, 1.807) is 0 Å². The molecule has 0 spiro atoms. The molecule has 3 atom stereocenters. The van der Waals surface area contributed by atoms with Crippen molar-refractivity contribution in [3.63, 3.8) is 0 Å². The van der Waals surface area contributed by atoms with Gasteiger partial charge in [0.05, 0.1) is 12.0 Å². The molecule has 1 fully saturated rings. The number of rotatable bonds is 3. The first-order valence-electron chi connectivity index (χ1n) is 7.78. The van der Waals surface area contributed by atoms with Crippen LogP contribution >= 0.6 is 0 Å². The Morgan fingerprint density at radius 1 is 0.870 bits per heavy atom. The third-order valence-electron chi connectivity index (χ3n) is 4.71. The highest BCUT2D eigenvalue weighted by Crippen LogP contribution is 2.56. The second-order valence-corrected chi connectivity index (χ2v) is 6.01. The zero-order valence-electron chi connectivity index (χ0n) is 12.5. The first-order chi connectivity index (χ1) is 11.3. The van der Waals surface area contributed by atoms with E-state index < -0.39 is 0 Å². The fourth-order valence-corrected chi connectivity index (χ4v) is 3.52. The first-order valence-corrected chi connectivity index (χ1v) is 7.78. The van der Waals surface area contributed by atoms with E-state index in [0.717, 1.165) is 16.3 Å². The van der Waals surface area contributed by atoms with Crippen molar-refractivity contribution in [2.75, 3.05) is 0 Å². The summed E-state index contributed by atoms with van der Waals surface area (Å²) in [5.74, 6) is -0.379. The average molecular weight is 297 g/mol. The van der Waals surface area contributed by atoms with Gasteiger partial charge in [-0.25, -0.2) is 0 Å². The Kier molecular flexibility index (Phi) is 3.20. The number of carbonyl (C=O) groups excluding carboxylic acids is 1. The Labute approximate surface area is 135 Å². The SMILES string of the molecule is N#C[C@H]1[C@H](C(=O)c2ccccc2)[C@@H]1c1cccc2ccccc12. The normalized spacial score (nSPS) is 22.5. The van der Waals surface area contributed by atoms with E-state index in [9.17, 15) is 10.1 Å². The quantitative estimate of drug-likeness (QED) is 0.664. The maximum Gasteiger partial charge on any atom is 0.167 e. The number of Topliss-reactive ketones (excluding diaryl/α,β-unsaturated/α-hetero) is 1. The molecule has 2 nitrogen and oxygen atoms in total. The summed E-state index contributed by atoms with van der Waals surface area (Å²) in [5, 5.41) is 11.8. The Bertz CT molecular complexity index is 918. The third kappa shape index (κ3) is 2.22. The number of hydrogen-bond acceptors (Lipinski definition) is 2. The minimum atomic E-state index is -0.229. The van der Waals surface area contributed by atoms with Crippen molar-refractivity contribution >= 4 is 16.6 Å². The van der Waals surface area contributed by atoms with Gasteiger partial charge in [0.25, 0.3) is 0 Å². The lowest BCUT2D eigenvalue weighted by molar-refractivity contribution is 0.0962. The fourth-order valence-electron chi connectivity index (χ4n) is 3.52. The van der Waals surface area contributed by atoms with Crippen LogP contribution in [0.3, 0.4) is 0 Å². The summed E-state index contributed by atoms with van der Waals surface area (Å²) in [6, 6.07) is 25.9. The van der Waals surface area contributed by atoms with Gasteiger partial charge in [-0.05, 0) is 16.3 Å². The van der Waals surface area contributed by atoms with Crippen molar-refractivity contribution < 1.29 is 4.79 Å². The van der Waals surface area contributed by atoms with Crippen molar-refractivity contribution in [2.45, 2.75) is 5.92 Å². The van der Waals surface area contributed by atoms with Crippen LogP contribution in [-0.2, 0) is 0 Å². The van der Waals surface area contributed by atoms with E-state index in [0.29, 0.717) is 5.56 Å². The van der Waals surface area contributed by atoms with Crippen LogP contribution in [0.4, 0.5) is 0 Å². The molecule has 23 heavy (non-hydrogen) atoms. The van der Waals surface area contributed by atoms with Crippen LogP contribution in [0.5, 0.6) is 0 Å². The lowest BCUT2D eigenvalue weighted by Crippen LogP contribution is -2.03. The average Bonchev–Trinajstić information content (AvgIpc) is 3.35. The molecule has 4 rings (SSSR count). The van der Waals surface area contributed by atoms with E-state index in [2.05, 4.69) is 30.3 Å². The predicted molar refractivity (Wildman–Crippen MR) is 90.1 cm³/mol. The molecule has 0 aliphatic heterocycles. The van der Waals surface area contributed by atoms with Crippen LogP contribution in [-0.4, -0.2) is 5.78 Å². The van der Waals surface area contributed by atoms with Gasteiger partial charge in [-0.2, -0.15) is 5.26 Å². The van der Waals surface area contributed by atoms with Gasteiger partial charge in [0.15, 0.2) is 5.78 Å². The van der Waals surface area contributed by atoms with Crippen LogP contribution in [0, 0.1) is 23.2 Å².